The Labute approximate surface area is 137 Å². The van der Waals surface area contributed by atoms with E-state index in [-0.39, 0.29) is 22.6 Å². The van der Waals surface area contributed by atoms with Crippen LogP contribution in [-0.4, -0.2) is 32.4 Å². The van der Waals surface area contributed by atoms with E-state index >= 15 is 0 Å². The third-order valence-corrected chi connectivity index (χ3v) is 4.55. The first kappa shape index (κ1) is 14.6. The molecule has 7 heteroatoms. The van der Waals surface area contributed by atoms with E-state index in [1.807, 2.05) is 16.9 Å². The van der Waals surface area contributed by atoms with Gasteiger partial charge in [-0.15, -0.1) is 0 Å². The highest BCUT2D eigenvalue weighted by Gasteiger charge is 2.43. The van der Waals surface area contributed by atoms with Crippen molar-refractivity contribution in [1.82, 2.24) is 25.3 Å². The summed E-state index contributed by atoms with van der Waals surface area (Å²) in [6.45, 7) is 1.36. The zero-order valence-corrected chi connectivity index (χ0v) is 13.0. The van der Waals surface area contributed by atoms with Crippen LogP contribution in [0.5, 0.6) is 0 Å². The normalized spacial score (nSPS) is 15.3. The number of rotatable bonds is 5. The molecule has 0 spiro atoms. The molecule has 3 aromatic rings. The van der Waals surface area contributed by atoms with Crippen molar-refractivity contribution in [2.24, 2.45) is 5.41 Å². The molecule has 2 N–H and O–H groups in total. The van der Waals surface area contributed by atoms with Gasteiger partial charge in [-0.25, -0.2) is 5.10 Å². The number of aromatic nitrogens is 4. The first-order chi connectivity index (χ1) is 11.7. The lowest BCUT2D eigenvalue weighted by Crippen LogP contribution is -2.33. The van der Waals surface area contributed by atoms with E-state index in [4.69, 9.17) is 0 Å². The summed E-state index contributed by atoms with van der Waals surface area (Å²) in [5.74, 6) is -0.269. The van der Waals surface area contributed by atoms with Gasteiger partial charge in [0.25, 0.3) is 11.5 Å². The Kier molecular flexibility index (Phi) is 3.41. The molecule has 1 fully saturated rings. The maximum Gasteiger partial charge on any atom is 0.272 e. The third-order valence-electron chi connectivity index (χ3n) is 4.55. The second-order valence-electron chi connectivity index (χ2n) is 6.33. The molecule has 1 aromatic carbocycles. The predicted octanol–water partition coefficient (Wildman–Crippen LogP) is 1.33. The van der Waals surface area contributed by atoms with Gasteiger partial charge in [0.1, 0.15) is 0 Å². The van der Waals surface area contributed by atoms with Crippen LogP contribution in [0.25, 0.3) is 10.8 Å². The monoisotopic (exact) mass is 323 g/mol. The number of hydrogen-bond acceptors (Lipinski definition) is 4. The Balaban J connectivity index is 1.51. The zero-order valence-electron chi connectivity index (χ0n) is 13.0. The van der Waals surface area contributed by atoms with Gasteiger partial charge in [0.15, 0.2) is 5.69 Å². The van der Waals surface area contributed by atoms with Gasteiger partial charge in [-0.3, -0.25) is 14.3 Å². The van der Waals surface area contributed by atoms with Crippen molar-refractivity contribution in [3.8, 4) is 0 Å². The van der Waals surface area contributed by atoms with Crippen molar-refractivity contribution in [2.45, 2.75) is 19.4 Å². The number of aromatic amines is 1. The molecule has 0 radical (unpaired) electrons. The molecule has 0 saturated heterocycles. The van der Waals surface area contributed by atoms with Crippen LogP contribution >= 0.6 is 0 Å². The molecule has 122 valence electrons. The molecule has 0 unspecified atom stereocenters. The van der Waals surface area contributed by atoms with Crippen LogP contribution in [0.2, 0.25) is 0 Å². The van der Waals surface area contributed by atoms with E-state index in [0.717, 1.165) is 19.4 Å². The summed E-state index contributed by atoms with van der Waals surface area (Å²) in [7, 11) is 0. The van der Waals surface area contributed by atoms with Crippen LogP contribution in [0, 0.1) is 5.41 Å². The first-order valence-corrected chi connectivity index (χ1v) is 7.90. The fourth-order valence-electron chi connectivity index (χ4n) is 2.94. The van der Waals surface area contributed by atoms with Crippen molar-refractivity contribution in [3.63, 3.8) is 0 Å². The SMILES string of the molecule is O=C(NCC1(Cn2cccn2)CC1)c1n[nH]c(=O)c2ccccc12. The fraction of sp³-hybridized carbons (Fsp3) is 0.294. The lowest BCUT2D eigenvalue weighted by Gasteiger charge is -2.16. The van der Waals surface area contributed by atoms with Crippen molar-refractivity contribution >= 4 is 16.7 Å². The summed E-state index contributed by atoms with van der Waals surface area (Å²) >= 11 is 0. The van der Waals surface area contributed by atoms with Crippen LogP contribution in [0.4, 0.5) is 0 Å². The molecule has 2 aromatic heterocycles. The molecule has 1 aliphatic rings. The highest BCUT2D eigenvalue weighted by molar-refractivity contribution is 6.04. The topological polar surface area (TPSA) is 92.7 Å². The van der Waals surface area contributed by atoms with Crippen LogP contribution < -0.4 is 10.9 Å². The number of hydrogen-bond donors (Lipinski definition) is 2. The number of carbonyl (C=O) groups is 1. The molecular weight excluding hydrogens is 306 g/mol. The highest BCUT2D eigenvalue weighted by Crippen LogP contribution is 2.46. The number of benzene rings is 1. The van der Waals surface area contributed by atoms with Gasteiger partial charge in [-0.05, 0) is 25.0 Å². The minimum Gasteiger partial charge on any atom is -0.350 e. The molecule has 2 heterocycles. The molecule has 4 rings (SSSR count). The maximum atomic E-state index is 12.5. The number of nitrogens with zero attached hydrogens (tertiary/aromatic N) is 3. The lowest BCUT2D eigenvalue weighted by molar-refractivity contribution is 0.0938. The Bertz CT molecular complexity index is 941. The largest absolute Gasteiger partial charge is 0.350 e. The summed E-state index contributed by atoms with van der Waals surface area (Å²) < 4.78 is 1.90. The van der Waals surface area contributed by atoms with Gasteiger partial charge in [0, 0.05) is 36.3 Å². The average molecular weight is 323 g/mol. The van der Waals surface area contributed by atoms with E-state index in [2.05, 4.69) is 20.6 Å². The lowest BCUT2D eigenvalue weighted by atomic mass is 10.1. The van der Waals surface area contributed by atoms with Crippen LogP contribution in [-0.2, 0) is 6.54 Å². The summed E-state index contributed by atoms with van der Waals surface area (Å²) in [5.41, 5.74) is 0.0271. The quantitative estimate of drug-likeness (QED) is 0.741. The molecule has 0 bridgehead atoms. The van der Waals surface area contributed by atoms with Crippen molar-refractivity contribution in [3.05, 3.63) is 58.8 Å². The summed E-state index contributed by atoms with van der Waals surface area (Å²) in [5, 5.41) is 14.6. The molecule has 7 nitrogen and oxygen atoms in total. The molecule has 1 saturated carbocycles. The van der Waals surface area contributed by atoms with E-state index in [9.17, 15) is 9.59 Å². The van der Waals surface area contributed by atoms with Crippen molar-refractivity contribution in [1.29, 1.82) is 0 Å². The molecule has 24 heavy (non-hydrogen) atoms. The van der Waals surface area contributed by atoms with Gasteiger partial charge in [0.2, 0.25) is 0 Å². The second kappa shape index (κ2) is 5.59. The summed E-state index contributed by atoms with van der Waals surface area (Å²) in [4.78, 5) is 24.3. The van der Waals surface area contributed by atoms with Gasteiger partial charge < -0.3 is 5.32 Å². The number of nitrogens with one attached hydrogen (secondary N) is 2. The molecule has 0 atom stereocenters. The minimum absolute atomic E-state index is 0.0691. The standard InChI is InChI=1S/C17H17N5O2/c23-15-13-5-2-1-4-12(13)14(20-21-15)16(24)18-10-17(6-7-17)11-22-9-3-8-19-22/h1-5,8-9H,6-7,10-11H2,(H,18,24)(H,21,23). The Morgan fingerprint density at radius 3 is 2.75 bits per heavy atom. The fourth-order valence-corrected chi connectivity index (χ4v) is 2.94. The van der Waals surface area contributed by atoms with Crippen molar-refractivity contribution < 1.29 is 4.79 Å². The number of amides is 1. The number of H-pyrrole nitrogens is 1. The number of fused-ring (bicyclic) bond motifs is 1. The first-order valence-electron chi connectivity index (χ1n) is 7.90. The summed E-state index contributed by atoms with van der Waals surface area (Å²) in [6, 6.07) is 8.88. The van der Waals surface area contributed by atoms with E-state index in [1.54, 1.807) is 30.5 Å². The zero-order chi connectivity index (χ0) is 16.6. The van der Waals surface area contributed by atoms with E-state index in [0.29, 0.717) is 17.3 Å². The Morgan fingerprint density at radius 1 is 1.25 bits per heavy atom. The maximum absolute atomic E-state index is 12.5. The van der Waals surface area contributed by atoms with Crippen molar-refractivity contribution in [2.75, 3.05) is 6.54 Å². The average Bonchev–Trinajstić information content (AvgIpc) is 3.17. The van der Waals surface area contributed by atoms with E-state index in [1.165, 1.54) is 0 Å². The second-order valence-corrected chi connectivity index (χ2v) is 6.33. The predicted molar refractivity (Wildman–Crippen MR) is 88.6 cm³/mol. The third kappa shape index (κ3) is 2.68. The van der Waals surface area contributed by atoms with Crippen LogP contribution in [0.3, 0.4) is 0 Å². The Hall–Kier alpha value is -2.96. The molecule has 1 amide bonds. The van der Waals surface area contributed by atoms with E-state index < -0.39 is 0 Å². The smallest absolute Gasteiger partial charge is 0.272 e. The van der Waals surface area contributed by atoms with Crippen LogP contribution in [0.1, 0.15) is 23.3 Å². The summed E-state index contributed by atoms with van der Waals surface area (Å²) in [6.07, 6.45) is 5.81. The molecule has 1 aliphatic carbocycles. The Morgan fingerprint density at radius 2 is 2.04 bits per heavy atom. The highest BCUT2D eigenvalue weighted by atomic mass is 16.2. The van der Waals surface area contributed by atoms with Crippen LogP contribution in [0.15, 0.2) is 47.5 Å². The minimum atomic E-state index is -0.292. The van der Waals surface area contributed by atoms with Gasteiger partial charge in [-0.2, -0.15) is 10.2 Å². The van der Waals surface area contributed by atoms with Gasteiger partial charge >= 0.3 is 0 Å². The molecule has 0 aliphatic heterocycles. The van der Waals surface area contributed by atoms with Gasteiger partial charge in [0.05, 0.1) is 5.39 Å². The number of carbonyl (C=O) groups excluding carboxylic acids is 1. The molecular formula is C17H17N5O2. The van der Waals surface area contributed by atoms with Gasteiger partial charge in [-0.1, -0.05) is 18.2 Å².